The van der Waals surface area contributed by atoms with Crippen molar-refractivity contribution >= 4 is 40.3 Å². The number of amides is 2. The molecule has 0 radical (unpaired) electrons. The summed E-state index contributed by atoms with van der Waals surface area (Å²) in [4.78, 5) is 42.6. The molecule has 3 aromatic heterocycles. The Balaban J connectivity index is 1.30. The molecule has 3 N–H and O–H groups in total. The highest BCUT2D eigenvalue weighted by molar-refractivity contribution is 5.93. The molecule has 2 amide bonds. The van der Waals surface area contributed by atoms with Crippen LogP contribution in [0, 0.1) is 18.8 Å². The number of unbranched alkanes of at least 4 members (excludes halogenated alkanes) is 1. The van der Waals surface area contributed by atoms with Crippen molar-refractivity contribution in [2.75, 3.05) is 50.9 Å². The summed E-state index contributed by atoms with van der Waals surface area (Å²) >= 11 is 0. The fourth-order valence-electron chi connectivity index (χ4n) is 4.84. The second-order valence-electron chi connectivity index (χ2n) is 10.9. The van der Waals surface area contributed by atoms with E-state index in [0.717, 1.165) is 41.8 Å². The quantitative estimate of drug-likeness (QED) is 0.166. The van der Waals surface area contributed by atoms with E-state index < -0.39 is 6.04 Å². The predicted molar refractivity (Wildman–Crippen MR) is 169 cm³/mol. The smallest absolute Gasteiger partial charge is 0.246 e. The summed E-state index contributed by atoms with van der Waals surface area (Å²) < 4.78 is 1.76. The van der Waals surface area contributed by atoms with Crippen molar-refractivity contribution in [3.05, 3.63) is 41.9 Å². The molecule has 4 heterocycles. The third kappa shape index (κ3) is 8.51. The number of pyridine rings is 1. The van der Waals surface area contributed by atoms with E-state index in [4.69, 9.17) is 0 Å². The Kier molecular flexibility index (Phi) is 11.0. The summed E-state index contributed by atoms with van der Waals surface area (Å²) in [5, 5.41) is 15.0. The molecule has 0 aliphatic carbocycles. The van der Waals surface area contributed by atoms with Crippen molar-refractivity contribution < 1.29 is 9.59 Å². The number of nitrogens with one attached hydrogen (secondary N) is 3. The fraction of sp³-hybridized carbons (Fsp3) is 0.484. The van der Waals surface area contributed by atoms with Gasteiger partial charge in [-0.1, -0.05) is 24.8 Å². The topological polar surface area (TPSA) is 133 Å². The molecule has 1 aliphatic heterocycles. The number of carbonyl (C=O) groups excluding carboxylic acids is 2. The molecule has 43 heavy (non-hydrogen) atoms. The largest absolute Gasteiger partial charge is 0.369 e. The van der Waals surface area contributed by atoms with Crippen LogP contribution in [0.4, 0.5) is 17.5 Å². The first-order chi connectivity index (χ1) is 20.8. The fourth-order valence-corrected chi connectivity index (χ4v) is 4.84. The molecule has 0 aromatic carbocycles. The number of nitrogens with zero attached hydrogens (tertiary/aromatic N) is 7. The number of fused-ring (bicyclic) bond motifs is 1. The maximum Gasteiger partial charge on any atom is 0.246 e. The predicted octanol–water partition coefficient (Wildman–Crippen LogP) is 2.99. The molecule has 12 nitrogen and oxygen atoms in total. The minimum atomic E-state index is -0.412. The number of rotatable bonds is 12. The first-order valence-electron chi connectivity index (χ1n) is 14.8. The van der Waals surface area contributed by atoms with Crippen LogP contribution in [0.5, 0.6) is 0 Å². The molecule has 4 rings (SSSR count). The van der Waals surface area contributed by atoms with Crippen LogP contribution < -0.4 is 16.0 Å². The zero-order valence-electron chi connectivity index (χ0n) is 25.8. The Morgan fingerprint density at radius 2 is 2.05 bits per heavy atom. The first-order valence-corrected chi connectivity index (χ1v) is 14.8. The third-order valence-corrected chi connectivity index (χ3v) is 7.02. The molecule has 0 spiro atoms. The van der Waals surface area contributed by atoms with Crippen LogP contribution in [0.15, 0.2) is 30.6 Å². The molecule has 1 fully saturated rings. The van der Waals surface area contributed by atoms with Crippen molar-refractivity contribution in [3.63, 3.8) is 0 Å². The average Bonchev–Trinajstić information content (AvgIpc) is 3.58. The molecule has 12 heteroatoms. The monoisotopic (exact) mass is 586 g/mol. The van der Waals surface area contributed by atoms with Crippen molar-refractivity contribution in [1.29, 1.82) is 0 Å². The molecular formula is C31H42N10O2. The Labute approximate surface area is 253 Å². The van der Waals surface area contributed by atoms with Gasteiger partial charge in [0.1, 0.15) is 11.9 Å². The van der Waals surface area contributed by atoms with E-state index in [0.29, 0.717) is 56.2 Å². The minimum absolute atomic E-state index is 0.101. The second-order valence-corrected chi connectivity index (χ2v) is 10.9. The van der Waals surface area contributed by atoms with Gasteiger partial charge < -0.3 is 25.8 Å². The van der Waals surface area contributed by atoms with E-state index in [1.165, 1.54) is 0 Å². The van der Waals surface area contributed by atoms with Crippen LogP contribution in [0.3, 0.4) is 0 Å². The number of aryl methyl sites for hydroxylation is 2. The Hall–Kier alpha value is -4.50. The van der Waals surface area contributed by atoms with Crippen LogP contribution in [0.25, 0.3) is 11.0 Å². The van der Waals surface area contributed by atoms with Crippen molar-refractivity contribution in [2.24, 2.45) is 7.05 Å². The van der Waals surface area contributed by atoms with Crippen molar-refractivity contribution in [2.45, 2.75) is 52.0 Å². The van der Waals surface area contributed by atoms with Crippen LogP contribution in [0.2, 0.25) is 0 Å². The van der Waals surface area contributed by atoms with Crippen LogP contribution >= 0.6 is 0 Å². The zero-order valence-corrected chi connectivity index (χ0v) is 25.8. The Morgan fingerprint density at radius 1 is 1.21 bits per heavy atom. The number of likely N-dealkylation sites (N-methyl/N-ethyl adjacent to an activating group) is 1. The molecule has 0 unspecified atom stereocenters. The standard InChI is InChI=1S/C31H42N10O2/c1-6-15-32-28-23(20-35-31(37-28)36-24-19-25-22(2)38-40(5)29(25)34-21-24)12-8-7-9-16-33-30(43)26-13-10-18-41(26)27(42)14-11-17-39(3)4/h11,14,19-21,26H,6-7,9-10,13,15-18H2,1-5H3,(H,33,43)(H2,32,35,36,37)/b14-11+/t26-/m0/s1. The molecular weight excluding hydrogens is 544 g/mol. The van der Waals surface area contributed by atoms with Gasteiger partial charge in [0.25, 0.3) is 0 Å². The number of hydrogen-bond donors (Lipinski definition) is 3. The first kappa shape index (κ1) is 31.4. The van der Waals surface area contributed by atoms with Gasteiger partial charge in [0.2, 0.25) is 17.8 Å². The Morgan fingerprint density at radius 3 is 2.84 bits per heavy atom. The van der Waals surface area contributed by atoms with Gasteiger partial charge in [-0.05, 0) is 52.8 Å². The van der Waals surface area contributed by atoms with E-state index >= 15 is 0 Å². The number of hydrogen-bond acceptors (Lipinski definition) is 9. The number of likely N-dealkylation sites (tertiary alicyclic amines) is 1. The SMILES string of the molecule is CCCNc1nc(Nc2cnc3c(c2)c(C)nn3C)ncc1C#CCCCNC(=O)[C@@H]1CCCN1C(=O)/C=C/CN(C)C. The lowest BCUT2D eigenvalue weighted by Gasteiger charge is -2.22. The van der Waals surface area contributed by atoms with Gasteiger partial charge in [-0.3, -0.25) is 14.3 Å². The van der Waals surface area contributed by atoms with Gasteiger partial charge in [0.15, 0.2) is 5.65 Å². The number of aromatic nitrogens is 5. The maximum atomic E-state index is 12.8. The average molecular weight is 587 g/mol. The molecule has 0 saturated carbocycles. The summed E-state index contributed by atoms with van der Waals surface area (Å²) in [5.41, 5.74) is 3.21. The zero-order chi connectivity index (χ0) is 30.8. The lowest BCUT2D eigenvalue weighted by Crippen LogP contribution is -2.45. The molecule has 1 atom stereocenters. The number of anilines is 3. The van der Waals surface area contributed by atoms with E-state index in [-0.39, 0.29) is 11.8 Å². The highest BCUT2D eigenvalue weighted by atomic mass is 16.2. The Bertz CT molecular complexity index is 1520. The van der Waals surface area contributed by atoms with Crippen molar-refractivity contribution in [1.82, 2.24) is 39.8 Å². The summed E-state index contributed by atoms with van der Waals surface area (Å²) in [6.07, 6.45) is 10.6. The summed E-state index contributed by atoms with van der Waals surface area (Å²) in [5.74, 6) is 7.26. The van der Waals surface area contributed by atoms with Crippen molar-refractivity contribution in [3.8, 4) is 11.8 Å². The van der Waals surface area contributed by atoms with Gasteiger partial charge in [-0.2, -0.15) is 10.1 Å². The minimum Gasteiger partial charge on any atom is -0.369 e. The van der Waals surface area contributed by atoms with E-state index in [9.17, 15) is 9.59 Å². The molecule has 0 bridgehead atoms. The molecule has 1 saturated heterocycles. The number of carbonyl (C=O) groups is 2. The van der Waals surface area contributed by atoms with Gasteiger partial charge in [-0.15, -0.1) is 0 Å². The van der Waals surface area contributed by atoms with Gasteiger partial charge in [0.05, 0.1) is 29.3 Å². The van der Waals surface area contributed by atoms with E-state index in [2.05, 4.69) is 54.8 Å². The van der Waals surface area contributed by atoms with Crippen LogP contribution in [-0.4, -0.2) is 92.7 Å². The summed E-state index contributed by atoms with van der Waals surface area (Å²) in [6.45, 7) is 6.59. The van der Waals surface area contributed by atoms with Gasteiger partial charge in [0, 0.05) is 51.1 Å². The van der Waals surface area contributed by atoms with Crippen LogP contribution in [0.1, 0.15) is 50.3 Å². The molecule has 3 aromatic rings. The second kappa shape index (κ2) is 15.1. The van der Waals surface area contributed by atoms with E-state index in [1.54, 1.807) is 28.1 Å². The lowest BCUT2D eigenvalue weighted by molar-refractivity contribution is -0.135. The summed E-state index contributed by atoms with van der Waals surface area (Å²) in [7, 11) is 5.76. The van der Waals surface area contributed by atoms with Crippen LogP contribution in [-0.2, 0) is 16.6 Å². The molecule has 228 valence electrons. The lowest BCUT2D eigenvalue weighted by atomic mass is 10.2. The maximum absolute atomic E-state index is 12.8. The van der Waals surface area contributed by atoms with Gasteiger partial charge in [-0.25, -0.2) is 9.97 Å². The van der Waals surface area contributed by atoms with E-state index in [1.807, 2.05) is 45.1 Å². The molecule has 1 aliphatic rings. The highest BCUT2D eigenvalue weighted by Crippen LogP contribution is 2.22. The highest BCUT2D eigenvalue weighted by Gasteiger charge is 2.32. The summed E-state index contributed by atoms with van der Waals surface area (Å²) in [6, 6.07) is 1.58. The van der Waals surface area contributed by atoms with Gasteiger partial charge >= 0.3 is 0 Å². The third-order valence-electron chi connectivity index (χ3n) is 7.02. The normalized spacial score (nSPS) is 14.7.